The summed E-state index contributed by atoms with van der Waals surface area (Å²) in [6.07, 6.45) is 3.11. The molecule has 3 aromatic rings. The van der Waals surface area contributed by atoms with Gasteiger partial charge in [0.1, 0.15) is 29.3 Å². The SMILES string of the molecule is Cc1cccc(S(=O)(=O)N2C[C@H](CCC(=O)C3CCC3)Oc3ccc(-c4cc(F)ccc4F)cc32)c1. The molecular formula is C28H27F2NO4S. The summed E-state index contributed by atoms with van der Waals surface area (Å²) in [4.78, 5) is 12.6. The second kappa shape index (κ2) is 9.65. The Morgan fingerprint density at radius 1 is 1.06 bits per heavy atom. The fraction of sp³-hybridized carbons (Fsp3) is 0.321. The molecule has 36 heavy (non-hydrogen) atoms. The molecule has 0 spiro atoms. The van der Waals surface area contributed by atoms with Crippen molar-refractivity contribution in [3.8, 4) is 16.9 Å². The number of benzene rings is 3. The minimum absolute atomic E-state index is 0.0102. The number of sulfonamides is 1. The summed E-state index contributed by atoms with van der Waals surface area (Å²) in [5, 5.41) is 0. The maximum atomic E-state index is 14.5. The molecule has 8 heteroatoms. The van der Waals surface area contributed by atoms with E-state index in [1.54, 1.807) is 24.3 Å². The second-order valence-electron chi connectivity index (χ2n) is 9.53. The van der Waals surface area contributed by atoms with Crippen molar-refractivity contribution in [3.05, 3.63) is 77.9 Å². The summed E-state index contributed by atoms with van der Waals surface area (Å²) in [6, 6.07) is 14.4. The Morgan fingerprint density at radius 3 is 2.58 bits per heavy atom. The molecule has 1 atom stereocenters. The number of carbonyl (C=O) groups is 1. The van der Waals surface area contributed by atoms with Crippen LogP contribution < -0.4 is 9.04 Å². The molecule has 1 fully saturated rings. The van der Waals surface area contributed by atoms with E-state index in [1.165, 1.54) is 16.4 Å². The van der Waals surface area contributed by atoms with Gasteiger partial charge < -0.3 is 4.74 Å². The van der Waals surface area contributed by atoms with E-state index in [1.807, 2.05) is 13.0 Å². The van der Waals surface area contributed by atoms with Gasteiger partial charge in [0.2, 0.25) is 0 Å². The number of aryl methyl sites for hydroxylation is 1. The lowest BCUT2D eigenvalue weighted by Gasteiger charge is -2.36. The molecule has 0 bridgehead atoms. The molecule has 0 radical (unpaired) electrons. The number of rotatable bonds is 7. The Morgan fingerprint density at radius 2 is 1.86 bits per heavy atom. The van der Waals surface area contributed by atoms with E-state index in [2.05, 4.69) is 0 Å². The van der Waals surface area contributed by atoms with Crippen LogP contribution in [0.15, 0.2) is 65.6 Å². The number of carbonyl (C=O) groups excluding carboxylic acids is 1. The van der Waals surface area contributed by atoms with Gasteiger partial charge in [0, 0.05) is 17.9 Å². The summed E-state index contributed by atoms with van der Waals surface area (Å²) in [5.41, 5.74) is 1.40. The molecule has 5 nitrogen and oxygen atoms in total. The van der Waals surface area contributed by atoms with E-state index in [0.717, 1.165) is 43.0 Å². The minimum Gasteiger partial charge on any atom is -0.486 e. The van der Waals surface area contributed by atoms with E-state index >= 15 is 0 Å². The van der Waals surface area contributed by atoms with Crippen molar-refractivity contribution < 1.29 is 26.7 Å². The fourth-order valence-electron chi connectivity index (χ4n) is 4.72. The highest BCUT2D eigenvalue weighted by Gasteiger charge is 2.36. The smallest absolute Gasteiger partial charge is 0.264 e. The van der Waals surface area contributed by atoms with Crippen LogP contribution in [0.2, 0.25) is 0 Å². The molecule has 1 saturated carbocycles. The topological polar surface area (TPSA) is 63.7 Å². The first-order chi connectivity index (χ1) is 17.2. The number of ketones is 1. The molecule has 188 valence electrons. The van der Waals surface area contributed by atoms with Crippen LogP contribution >= 0.6 is 0 Å². The lowest BCUT2D eigenvalue weighted by molar-refractivity contribution is -0.125. The third kappa shape index (κ3) is 4.74. The third-order valence-corrected chi connectivity index (χ3v) is 8.76. The van der Waals surface area contributed by atoms with Gasteiger partial charge in [-0.15, -0.1) is 0 Å². The van der Waals surface area contributed by atoms with Crippen molar-refractivity contribution in [2.45, 2.75) is 50.0 Å². The highest BCUT2D eigenvalue weighted by molar-refractivity contribution is 7.92. The Hall–Kier alpha value is -3.26. The number of hydrogen-bond donors (Lipinski definition) is 0. The number of ether oxygens (including phenoxy) is 1. The molecule has 2 aliphatic rings. The summed E-state index contributed by atoms with van der Waals surface area (Å²) in [7, 11) is -4.00. The third-order valence-electron chi connectivity index (χ3n) is 6.98. The van der Waals surface area contributed by atoms with Gasteiger partial charge in [-0.05, 0) is 79.8 Å². The molecule has 0 aromatic heterocycles. The summed E-state index contributed by atoms with van der Waals surface area (Å²) >= 11 is 0. The highest BCUT2D eigenvalue weighted by atomic mass is 32.2. The van der Waals surface area contributed by atoms with Crippen molar-refractivity contribution in [2.24, 2.45) is 5.92 Å². The average molecular weight is 512 g/mol. The van der Waals surface area contributed by atoms with E-state index in [9.17, 15) is 22.0 Å². The van der Waals surface area contributed by atoms with E-state index in [-0.39, 0.29) is 34.4 Å². The zero-order chi connectivity index (χ0) is 25.4. The number of nitrogens with zero attached hydrogens (tertiary/aromatic N) is 1. The molecule has 1 aliphatic heterocycles. The average Bonchev–Trinajstić information content (AvgIpc) is 2.82. The normalized spacial score (nSPS) is 17.8. The first-order valence-corrected chi connectivity index (χ1v) is 13.5. The lowest BCUT2D eigenvalue weighted by atomic mass is 9.80. The molecule has 1 aliphatic carbocycles. The van der Waals surface area contributed by atoms with E-state index in [0.29, 0.717) is 24.2 Å². The summed E-state index contributed by atoms with van der Waals surface area (Å²) < 4.78 is 63.3. The van der Waals surface area contributed by atoms with Crippen LogP contribution in [-0.2, 0) is 14.8 Å². The van der Waals surface area contributed by atoms with Crippen LogP contribution in [-0.4, -0.2) is 26.8 Å². The fourth-order valence-corrected chi connectivity index (χ4v) is 6.32. The van der Waals surface area contributed by atoms with Crippen LogP contribution in [0.1, 0.15) is 37.7 Å². The largest absolute Gasteiger partial charge is 0.486 e. The number of halogens is 2. The summed E-state index contributed by atoms with van der Waals surface area (Å²) in [5.74, 6) is -0.592. The number of Topliss-reactive ketones (excluding diaryl/α,β-unsaturated/α-hetero) is 1. The number of fused-ring (bicyclic) bond motifs is 1. The molecular weight excluding hydrogens is 484 g/mol. The van der Waals surface area contributed by atoms with Gasteiger partial charge in [-0.1, -0.05) is 24.6 Å². The number of hydrogen-bond acceptors (Lipinski definition) is 4. The molecule has 0 amide bonds. The summed E-state index contributed by atoms with van der Waals surface area (Å²) in [6.45, 7) is 1.82. The maximum absolute atomic E-state index is 14.5. The lowest BCUT2D eigenvalue weighted by Crippen LogP contribution is -2.44. The van der Waals surface area contributed by atoms with Crippen LogP contribution in [0.3, 0.4) is 0 Å². The van der Waals surface area contributed by atoms with Crippen molar-refractivity contribution in [1.29, 1.82) is 0 Å². The zero-order valence-electron chi connectivity index (χ0n) is 19.9. The van der Waals surface area contributed by atoms with Crippen molar-refractivity contribution in [2.75, 3.05) is 10.8 Å². The maximum Gasteiger partial charge on any atom is 0.264 e. The van der Waals surface area contributed by atoms with Crippen LogP contribution in [0, 0.1) is 24.5 Å². The number of anilines is 1. The first kappa shape index (κ1) is 24.4. The van der Waals surface area contributed by atoms with Gasteiger partial charge in [-0.25, -0.2) is 17.2 Å². The molecule has 0 N–H and O–H groups in total. The van der Waals surface area contributed by atoms with Gasteiger partial charge in [0.15, 0.2) is 0 Å². The van der Waals surface area contributed by atoms with Gasteiger partial charge >= 0.3 is 0 Å². The van der Waals surface area contributed by atoms with E-state index < -0.39 is 27.8 Å². The molecule has 3 aromatic carbocycles. The zero-order valence-corrected chi connectivity index (χ0v) is 20.7. The molecule has 1 heterocycles. The van der Waals surface area contributed by atoms with Gasteiger partial charge in [0.25, 0.3) is 10.0 Å². The van der Waals surface area contributed by atoms with Gasteiger partial charge in [-0.3, -0.25) is 9.10 Å². The predicted molar refractivity (Wildman–Crippen MR) is 134 cm³/mol. The Labute approximate surface area is 209 Å². The standard InChI is InChI=1S/C28H27F2NO4S/c1-18-4-2-7-23(14-18)36(33,34)31-17-22(10-12-27(32)19-5-3-6-19)35-28-13-8-20(15-26(28)31)24-16-21(29)9-11-25(24)30/h2,4,7-9,11,13-16,19,22H,3,5-6,10,12,17H2,1H3/t22-/m0/s1. The Kier molecular flexibility index (Phi) is 6.55. The quantitative estimate of drug-likeness (QED) is 0.388. The predicted octanol–water partition coefficient (Wildman–Crippen LogP) is 6.05. The Balaban J connectivity index is 1.53. The molecule has 0 saturated heterocycles. The Bertz CT molecular complexity index is 1420. The van der Waals surface area contributed by atoms with Crippen molar-refractivity contribution >= 4 is 21.5 Å². The van der Waals surface area contributed by atoms with Crippen LogP contribution in [0.5, 0.6) is 5.75 Å². The monoisotopic (exact) mass is 511 g/mol. The van der Waals surface area contributed by atoms with Crippen molar-refractivity contribution in [3.63, 3.8) is 0 Å². The molecule has 0 unspecified atom stereocenters. The highest BCUT2D eigenvalue weighted by Crippen LogP contribution is 2.41. The molecule has 5 rings (SSSR count). The van der Waals surface area contributed by atoms with Crippen molar-refractivity contribution in [1.82, 2.24) is 0 Å². The minimum atomic E-state index is -4.00. The van der Waals surface area contributed by atoms with E-state index in [4.69, 9.17) is 4.74 Å². The van der Waals surface area contributed by atoms with Gasteiger partial charge in [0.05, 0.1) is 17.1 Å². The van der Waals surface area contributed by atoms with Gasteiger partial charge in [-0.2, -0.15) is 0 Å². The van der Waals surface area contributed by atoms with Crippen LogP contribution in [0.25, 0.3) is 11.1 Å². The first-order valence-electron chi connectivity index (χ1n) is 12.1. The second-order valence-corrected chi connectivity index (χ2v) is 11.4. The van der Waals surface area contributed by atoms with Crippen LogP contribution in [0.4, 0.5) is 14.5 Å².